The van der Waals surface area contributed by atoms with Gasteiger partial charge in [-0.1, -0.05) is 30.3 Å². The zero-order valence-corrected chi connectivity index (χ0v) is 26.3. The highest BCUT2D eigenvalue weighted by Gasteiger charge is 2.46. The molecule has 0 radical (unpaired) electrons. The SMILES string of the molecule is CC(C)(C)OC(=O)COc1cccc(CC(O)(C(=O)Nc2ccc(C#N)c(C(F)(F)F)c2)C2CCN(C(=O)c3ccccc3)CC2)c1. The molecule has 1 atom stereocenters. The Morgan fingerprint density at radius 3 is 2.28 bits per heavy atom. The molecule has 4 rings (SSSR count). The summed E-state index contributed by atoms with van der Waals surface area (Å²) in [5.74, 6) is -2.13. The van der Waals surface area contributed by atoms with Crippen LogP contribution in [0.25, 0.3) is 0 Å². The minimum atomic E-state index is -4.85. The van der Waals surface area contributed by atoms with Gasteiger partial charge in [-0.2, -0.15) is 18.4 Å². The molecular formula is C35H36F3N3O6. The molecule has 248 valence electrons. The van der Waals surface area contributed by atoms with Crippen molar-refractivity contribution in [2.45, 2.75) is 57.4 Å². The Kier molecular flexibility index (Phi) is 10.6. The zero-order chi connectivity index (χ0) is 34.4. The Labute approximate surface area is 270 Å². The number of rotatable bonds is 9. The number of nitrogens with zero attached hydrogens (tertiary/aromatic N) is 2. The number of anilines is 1. The van der Waals surface area contributed by atoms with Gasteiger partial charge in [0.25, 0.3) is 11.8 Å². The van der Waals surface area contributed by atoms with E-state index in [9.17, 15) is 32.7 Å². The number of likely N-dealkylation sites (tertiary alicyclic amines) is 1. The molecule has 1 heterocycles. The average molecular weight is 652 g/mol. The molecule has 0 spiro atoms. The topological polar surface area (TPSA) is 129 Å². The van der Waals surface area contributed by atoms with Crippen molar-refractivity contribution >= 4 is 23.5 Å². The Balaban J connectivity index is 1.58. The predicted octanol–water partition coefficient (Wildman–Crippen LogP) is 5.76. The number of hydrogen-bond donors (Lipinski definition) is 2. The minimum absolute atomic E-state index is 0.191. The number of hydrogen-bond acceptors (Lipinski definition) is 7. The van der Waals surface area contributed by atoms with Gasteiger partial charge in [-0.15, -0.1) is 0 Å². The molecule has 0 aromatic heterocycles. The highest BCUT2D eigenvalue weighted by molar-refractivity contribution is 5.98. The average Bonchev–Trinajstić information content (AvgIpc) is 3.03. The van der Waals surface area contributed by atoms with Crippen molar-refractivity contribution in [1.82, 2.24) is 4.90 Å². The summed E-state index contributed by atoms with van der Waals surface area (Å²) in [6.07, 6.45) is -4.63. The van der Waals surface area contributed by atoms with E-state index >= 15 is 0 Å². The number of amides is 2. The molecule has 2 amide bonds. The van der Waals surface area contributed by atoms with Gasteiger partial charge < -0.3 is 24.8 Å². The number of piperidine rings is 1. The number of carbonyl (C=O) groups excluding carboxylic acids is 3. The third-order valence-corrected chi connectivity index (χ3v) is 7.72. The van der Waals surface area contributed by atoms with E-state index in [2.05, 4.69) is 5.32 Å². The van der Waals surface area contributed by atoms with E-state index in [4.69, 9.17) is 14.7 Å². The van der Waals surface area contributed by atoms with Gasteiger partial charge in [-0.05, 0) is 81.6 Å². The monoisotopic (exact) mass is 651 g/mol. The van der Waals surface area contributed by atoms with Crippen LogP contribution >= 0.6 is 0 Å². The minimum Gasteiger partial charge on any atom is -0.482 e. The second-order valence-corrected chi connectivity index (χ2v) is 12.4. The van der Waals surface area contributed by atoms with E-state index in [1.54, 1.807) is 80.3 Å². The zero-order valence-electron chi connectivity index (χ0n) is 26.3. The molecule has 1 aliphatic rings. The fraction of sp³-hybridized carbons (Fsp3) is 0.371. The number of nitrogens with one attached hydrogen (secondary N) is 1. The van der Waals surface area contributed by atoms with Crippen LogP contribution in [0.5, 0.6) is 5.75 Å². The molecule has 1 saturated heterocycles. The lowest BCUT2D eigenvalue weighted by Crippen LogP contribution is -2.54. The van der Waals surface area contributed by atoms with Crippen LogP contribution in [0.15, 0.2) is 72.8 Å². The maximum Gasteiger partial charge on any atom is 0.417 e. The van der Waals surface area contributed by atoms with E-state index in [1.807, 2.05) is 0 Å². The van der Waals surface area contributed by atoms with E-state index in [0.717, 1.165) is 6.07 Å². The van der Waals surface area contributed by atoms with Crippen LogP contribution in [-0.2, 0) is 26.9 Å². The molecule has 3 aromatic rings. The van der Waals surface area contributed by atoms with Gasteiger partial charge in [-0.25, -0.2) is 4.79 Å². The van der Waals surface area contributed by atoms with Gasteiger partial charge in [-0.3, -0.25) is 9.59 Å². The molecule has 47 heavy (non-hydrogen) atoms. The number of esters is 1. The summed E-state index contributed by atoms with van der Waals surface area (Å²) in [6, 6.07) is 19.4. The number of aliphatic hydroxyl groups is 1. The lowest BCUT2D eigenvalue weighted by atomic mass is 9.76. The summed E-state index contributed by atoms with van der Waals surface area (Å²) in [5.41, 5.74) is -3.94. The standard InChI is InChI=1S/C35H36F3N3O6/c1-33(2,3)47-30(42)22-46-28-11-7-8-23(18-28)20-34(45,26-14-16-41(17-15-26)31(43)24-9-5-4-6-10-24)32(44)40-27-13-12-25(21-39)29(19-27)35(36,37)38/h4-13,18-19,26,45H,14-17,20,22H2,1-3H3,(H,40,44). The molecule has 12 heteroatoms. The van der Waals surface area contributed by atoms with Crippen LogP contribution in [0.4, 0.5) is 18.9 Å². The lowest BCUT2D eigenvalue weighted by molar-refractivity contribution is -0.157. The quantitative estimate of drug-likeness (QED) is 0.282. The van der Waals surface area contributed by atoms with Crippen LogP contribution < -0.4 is 10.1 Å². The van der Waals surface area contributed by atoms with Gasteiger partial charge in [0.2, 0.25) is 0 Å². The Morgan fingerprint density at radius 1 is 0.979 bits per heavy atom. The van der Waals surface area contributed by atoms with Crippen LogP contribution in [-0.4, -0.2) is 58.7 Å². The van der Waals surface area contributed by atoms with Crippen molar-refractivity contribution in [3.63, 3.8) is 0 Å². The normalized spacial score (nSPS) is 15.2. The van der Waals surface area contributed by atoms with Crippen molar-refractivity contribution in [2.24, 2.45) is 5.92 Å². The first-order chi connectivity index (χ1) is 22.1. The Hall–Kier alpha value is -4.89. The maximum absolute atomic E-state index is 13.8. The molecule has 1 unspecified atom stereocenters. The number of nitriles is 1. The molecule has 9 nitrogen and oxygen atoms in total. The fourth-order valence-electron chi connectivity index (χ4n) is 5.50. The first-order valence-corrected chi connectivity index (χ1v) is 15.0. The van der Waals surface area contributed by atoms with Gasteiger partial charge in [0.05, 0.1) is 17.2 Å². The summed E-state index contributed by atoms with van der Waals surface area (Å²) in [4.78, 5) is 40.7. The van der Waals surface area contributed by atoms with Crippen molar-refractivity contribution in [2.75, 3.05) is 25.0 Å². The van der Waals surface area contributed by atoms with E-state index in [-0.39, 0.29) is 56.3 Å². The van der Waals surface area contributed by atoms with Crippen molar-refractivity contribution in [1.29, 1.82) is 5.26 Å². The summed E-state index contributed by atoms with van der Waals surface area (Å²) in [7, 11) is 0. The van der Waals surface area contributed by atoms with Crippen molar-refractivity contribution in [3.05, 3.63) is 95.1 Å². The van der Waals surface area contributed by atoms with Crippen LogP contribution in [0.2, 0.25) is 0 Å². The van der Waals surface area contributed by atoms with Gasteiger partial charge in [0, 0.05) is 36.7 Å². The van der Waals surface area contributed by atoms with Gasteiger partial charge >= 0.3 is 12.1 Å². The van der Waals surface area contributed by atoms with Crippen LogP contribution in [0, 0.1) is 17.2 Å². The molecule has 2 N–H and O–H groups in total. The summed E-state index contributed by atoms with van der Waals surface area (Å²) < 4.78 is 51.8. The third-order valence-electron chi connectivity index (χ3n) is 7.72. The molecule has 0 saturated carbocycles. The summed E-state index contributed by atoms with van der Waals surface area (Å²) >= 11 is 0. The number of carbonyl (C=O) groups is 3. The number of benzene rings is 3. The number of alkyl halides is 3. The molecular weight excluding hydrogens is 615 g/mol. The smallest absolute Gasteiger partial charge is 0.417 e. The van der Waals surface area contributed by atoms with E-state index in [1.165, 1.54) is 12.1 Å². The summed E-state index contributed by atoms with van der Waals surface area (Å²) in [5, 5.41) is 23.7. The Bertz CT molecular complexity index is 1640. The van der Waals surface area contributed by atoms with E-state index in [0.29, 0.717) is 17.2 Å². The second-order valence-electron chi connectivity index (χ2n) is 12.4. The van der Waals surface area contributed by atoms with Gasteiger partial charge in [0.15, 0.2) is 6.61 Å². The Morgan fingerprint density at radius 2 is 1.66 bits per heavy atom. The second kappa shape index (κ2) is 14.3. The number of ether oxygens (including phenoxy) is 2. The third kappa shape index (κ3) is 9.10. The number of halogens is 3. The first-order valence-electron chi connectivity index (χ1n) is 15.0. The summed E-state index contributed by atoms with van der Waals surface area (Å²) in [6.45, 7) is 5.27. The molecule has 0 aliphatic carbocycles. The highest BCUT2D eigenvalue weighted by atomic mass is 19.4. The van der Waals surface area contributed by atoms with Crippen LogP contribution in [0.1, 0.15) is 60.7 Å². The first kappa shape index (κ1) is 35.0. The van der Waals surface area contributed by atoms with Crippen LogP contribution in [0.3, 0.4) is 0 Å². The van der Waals surface area contributed by atoms with Crippen molar-refractivity contribution in [3.8, 4) is 11.8 Å². The van der Waals surface area contributed by atoms with Gasteiger partial charge in [0.1, 0.15) is 17.0 Å². The molecule has 1 aliphatic heterocycles. The molecule has 1 fully saturated rings. The highest BCUT2D eigenvalue weighted by Crippen LogP contribution is 2.36. The predicted molar refractivity (Wildman–Crippen MR) is 166 cm³/mol. The fourth-order valence-corrected chi connectivity index (χ4v) is 5.50. The van der Waals surface area contributed by atoms with E-state index < -0.39 is 46.3 Å². The van der Waals surface area contributed by atoms with Crippen molar-refractivity contribution < 1.29 is 42.1 Å². The maximum atomic E-state index is 13.8. The largest absolute Gasteiger partial charge is 0.482 e. The molecule has 0 bridgehead atoms. The lowest BCUT2D eigenvalue weighted by Gasteiger charge is -2.40. The molecule has 3 aromatic carbocycles.